The molecule has 1 aromatic rings. The lowest BCUT2D eigenvalue weighted by molar-refractivity contribution is 0.860. The molecule has 0 unspecified atom stereocenters. The Bertz CT molecular complexity index is 314. The summed E-state index contributed by atoms with van der Waals surface area (Å²) in [5.74, 6) is 0. The van der Waals surface area contributed by atoms with Crippen LogP contribution in [0.1, 0.15) is 18.5 Å². The van der Waals surface area contributed by atoms with E-state index in [1.165, 1.54) is 0 Å². The number of nitrogens with zero attached hydrogens (tertiary/aromatic N) is 3. The number of aryl methyl sites for hydroxylation is 1. The maximum Gasteiger partial charge on any atom is 0.101 e. The van der Waals surface area contributed by atoms with E-state index in [1.54, 1.807) is 6.33 Å². The highest BCUT2D eigenvalue weighted by Crippen LogP contribution is 2.46. The molecule has 0 amide bonds. The third-order valence-corrected chi connectivity index (χ3v) is 2.16. The molecule has 1 aliphatic carbocycles. The summed E-state index contributed by atoms with van der Waals surface area (Å²) in [6.07, 6.45) is 5.62. The summed E-state index contributed by atoms with van der Waals surface area (Å²) in [4.78, 5) is 4.16. The monoisotopic (exact) mass is 147 g/mol. The van der Waals surface area contributed by atoms with Gasteiger partial charge in [-0.15, -0.1) is 0 Å². The smallest absolute Gasteiger partial charge is 0.101 e. The van der Waals surface area contributed by atoms with E-state index < -0.39 is 0 Å². The van der Waals surface area contributed by atoms with Crippen molar-refractivity contribution in [2.75, 3.05) is 0 Å². The average molecular weight is 147 g/mol. The molecule has 0 bridgehead atoms. The second-order valence-electron chi connectivity index (χ2n) is 3.12. The number of rotatable bonds is 1. The van der Waals surface area contributed by atoms with Crippen LogP contribution in [-0.4, -0.2) is 9.55 Å². The van der Waals surface area contributed by atoms with Crippen molar-refractivity contribution in [1.29, 1.82) is 5.26 Å². The summed E-state index contributed by atoms with van der Waals surface area (Å²) in [7, 11) is 1.92. The van der Waals surface area contributed by atoms with Crippen LogP contribution in [0, 0.1) is 11.3 Å². The van der Waals surface area contributed by atoms with Crippen LogP contribution in [0.2, 0.25) is 0 Å². The van der Waals surface area contributed by atoms with Gasteiger partial charge in [-0.25, -0.2) is 4.98 Å². The first-order valence-corrected chi connectivity index (χ1v) is 3.66. The minimum Gasteiger partial charge on any atom is -0.340 e. The highest BCUT2D eigenvalue weighted by Gasteiger charge is 2.46. The maximum atomic E-state index is 8.82. The summed E-state index contributed by atoms with van der Waals surface area (Å²) in [6, 6.07) is 2.31. The van der Waals surface area contributed by atoms with Gasteiger partial charge in [0, 0.05) is 13.2 Å². The third-order valence-electron chi connectivity index (χ3n) is 2.16. The molecule has 3 heteroatoms. The summed E-state index contributed by atoms with van der Waals surface area (Å²) in [5, 5.41) is 8.82. The van der Waals surface area contributed by atoms with Gasteiger partial charge >= 0.3 is 0 Å². The van der Waals surface area contributed by atoms with Crippen molar-refractivity contribution in [3.8, 4) is 6.07 Å². The van der Waals surface area contributed by atoms with Gasteiger partial charge < -0.3 is 4.57 Å². The second-order valence-corrected chi connectivity index (χ2v) is 3.12. The predicted molar refractivity (Wildman–Crippen MR) is 39.7 cm³/mol. The van der Waals surface area contributed by atoms with Gasteiger partial charge in [-0.1, -0.05) is 0 Å². The number of aromatic nitrogens is 2. The molecule has 2 rings (SSSR count). The van der Waals surface area contributed by atoms with Crippen LogP contribution in [0.25, 0.3) is 0 Å². The Kier molecular flexibility index (Phi) is 1.08. The van der Waals surface area contributed by atoms with Gasteiger partial charge in [0.25, 0.3) is 0 Å². The fourth-order valence-corrected chi connectivity index (χ4v) is 1.21. The normalized spacial score (nSPS) is 19.3. The van der Waals surface area contributed by atoms with Gasteiger partial charge in [0.1, 0.15) is 5.41 Å². The van der Waals surface area contributed by atoms with Gasteiger partial charge in [-0.3, -0.25) is 0 Å². The van der Waals surface area contributed by atoms with E-state index in [0.717, 1.165) is 18.5 Å². The van der Waals surface area contributed by atoms with E-state index in [1.807, 2.05) is 17.8 Å². The molecular formula is C8H9N3. The van der Waals surface area contributed by atoms with E-state index in [-0.39, 0.29) is 5.41 Å². The Balaban J connectivity index is 2.38. The van der Waals surface area contributed by atoms with Crippen LogP contribution in [0.3, 0.4) is 0 Å². The zero-order valence-electron chi connectivity index (χ0n) is 6.41. The summed E-state index contributed by atoms with van der Waals surface area (Å²) in [5.41, 5.74) is 0.712. The van der Waals surface area contributed by atoms with Crippen molar-refractivity contribution < 1.29 is 0 Å². The van der Waals surface area contributed by atoms with Crippen LogP contribution in [0.5, 0.6) is 0 Å². The molecule has 1 aromatic heterocycles. The molecule has 0 aromatic carbocycles. The zero-order chi connectivity index (χ0) is 7.90. The van der Waals surface area contributed by atoms with Crippen molar-refractivity contribution >= 4 is 0 Å². The minimum absolute atomic E-state index is 0.221. The van der Waals surface area contributed by atoms with Crippen LogP contribution in [0.15, 0.2) is 12.5 Å². The highest BCUT2D eigenvalue weighted by molar-refractivity contribution is 5.32. The molecular weight excluding hydrogens is 138 g/mol. The fraction of sp³-hybridized carbons (Fsp3) is 0.500. The molecule has 1 fully saturated rings. The Morgan fingerprint density at radius 2 is 2.45 bits per heavy atom. The predicted octanol–water partition coefficient (Wildman–Crippen LogP) is 0.975. The number of hydrogen-bond acceptors (Lipinski definition) is 2. The number of imidazole rings is 1. The van der Waals surface area contributed by atoms with Crippen LogP contribution in [0.4, 0.5) is 0 Å². The largest absolute Gasteiger partial charge is 0.340 e. The molecule has 0 radical (unpaired) electrons. The van der Waals surface area contributed by atoms with Crippen molar-refractivity contribution in [3.05, 3.63) is 18.2 Å². The molecule has 0 N–H and O–H groups in total. The minimum atomic E-state index is -0.221. The van der Waals surface area contributed by atoms with E-state index >= 15 is 0 Å². The van der Waals surface area contributed by atoms with Gasteiger partial charge in [-0.2, -0.15) is 5.26 Å². The van der Waals surface area contributed by atoms with Gasteiger partial charge in [0.05, 0.1) is 18.1 Å². The molecule has 0 aliphatic heterocycles. The lowest BCUT2D eigenvalue weighted by Gasteiger charge is -1.97. The Morgan fingerprint density at radius 1 is 1.73 bits per heavy atom. The fourth-order valence-electron chi connectivity index (χ4n) is 1.21. The average Bonchev–Trinajstić information content (AvgIpc) is 2.70. The van der Waals surface area contributed by atoms with E-state index in [0.29, 0.717) is 0 Å². The van der Waals surface area contributed by atoms with Crippen LogP contribution < -0.4 is 0 Å². The molecule has 0 atom stereocenters. The first-order valence-electron chi connectivity index (χ1n) is 3.66. The lowest BCUT2D eigenvalue weighted by atomic mass is 10.1. The lowest BCUT2D eigenvalue weighted by Crippen LogP contribution is -2.02. The molecule has 1 aliphatic rings. The Morgan fingerprint density at radius 3 is 2.82 bits per heavy atom. The van der Waals surface area contributed by atoms with E-state index in [4.69, 9.17) is 5.26 Å². The van der Waals surface area contributed by atoms with Crippen molar-refractivity contribution in [2.45, 2.75) is 18.3 Å². The standard InChI is InChI=1S/C8H9N3/c1-11-4-7(10-6-11)8(5-9)2-3-8/h4,6H,2-3H2,1H3. The molecule has 11 heavy (non-hydrogen) atoms. The summed E-state index contributed by atoms with van der Waals surface area (Å²) < 4.78 is 1.88. The van der Waals surface area contributed by atoms with Crippen molar-refractivity contribution in [2.24, 2.45) is 7.05 Å². The molecule has 1 saturated carbocycles. The Hall–Kier alpha value is -1.30. The second kappa shape index (κ2) is 1.85. The maximum absolute atomic E-state index is 8.82. The molecule has 0 saturated heterocycles. The van der Waals surface area contributed by atoms with E-state index in [2.05, 4.69) is 11.1 Å². The summed E-state index contributed by atoms with van der Waals surface area (Å²) in [6.45, 7) is 0. The highest BCUT2D eigenvalue weighted by atomic mass is 15.0. The Labute approximate surface area is 65.3 Å². The first kappa shape index (κ1) is 6.41. The van der Waals surface area contributed by atoms with Gasteiger partial charge in [0.2, 0.25) is 0 Å². The van der Waals surface area contributed by atoms with Crippen molar-refractivity contribution in [3.63, 3.8) is 0 Å². The van der Waals surface area contributed by atoms with Crippen LogP contribution in [-0.2, 0) is 12.5 Å². The van der Waals surface area contributed by atoms with Gasteiger partial charge in [-0.05, 0) is 12.8 Å². The molecule has 0 spiro atoms. The molecule has 56 valence electrons. The van der Waals surface area contributed by atoms with Crippen LogP contribution >= 0.6 is 0 Å². The summed E-state index contributed by atoms with van der Waals surface area (Å²) >= 11 is 0. The SMILES string of the molecule is Cn1cnc(C2(C#N)CC2)c1. The number of hydrogen-bond donors (Lipinski definition) is 0. The third kappa shape index (κ3) is 0.829. The number of nitriles is 1. The first-order chi connectivity index (χ1) is 5.27. The quantitative estimate of drug-likeness (QED) is 0.594. The van der Waals surface area contributed by atoms with E-state index in [9.17, 15) is 0 Å². The topological polar surface area (TPSA) is 41.6 Å². The molecule has 3 nitrogen and oxygen atoms in total. The molecule has 1 heterocycles. The van der Waals surface area contributed by atoms with Crippen molar-refractivity contribution in [1.82, 2.24) is 9.55 Å². The van der Waals surface area contributed by atoms with Gasteiger partial charge in [0.15, 0.2) is 0 Å². The zero-order valence-corrected chi connectivity index (χ0v) is 6.41.